The van der Waals surface area contributed by atoms with Crippen LogP contribution < -0.4 is 5.73 Å². The Hall–Kier alpha value is -0.900. The summed E-state index contributed by atoms with van der Waals surface area (Å²) < 4.78 is 0. The molecule has 0 aliphatic carbocycles. The highest BCUT2D eigenvalue weighted by molar-refractivity contribution is 5.14. The minimum atomic E-state index is 0.153. The standard InChI is InChI=1S/C14H22N2O/c15-14-7-9-16(8-6-13(14)11-17)10-12-4-2-1-3-5-12/h1-5,13-14,17H,6-11,15H2. The van der Waals surface area contributed by atoms with Gasteiger partial charge in [0.2, 0.25) is 0 Å². The van der Waals surface area contributed by atoms with Crippen molar-refractivity contribution in [1.29, 1.82) is 0 Å². The summed E-state index contributed by atoms with van der Waals surface area (Å²) in [4.78, 5) is 2.44. The third-order valence-electron chi connectivity index (χ3n) is 3.68. The van der Waals surface area contributed by atoms with E-state index in [1.165, 1.54) is 5.56 Å². The Morgan fingerprint density at radius 3 is 2.59 bits per heavy atom. The van der Waals surface area contributed by atoms with E-state index in [1.54, 1.807) is 0 Å². The van der Waals surface area contributed by atoms with Gasteiger partial charge in [-0.3, -0.25) is 4.90 Å². The number of hydrogen-bond donors (Lipinski definition) is 2. The summed E-state index contributed by atoms with van der Waals surface area (Å²) >= 11 is 0. The lowest BCUT2D eigenvalue weighted by molar-refractivity contribution is 0.196. The van der Waals surface area contributed by atoms with Gasteiger partial charge in [0, 0.05) is 19.2 Å². The van der Waals surface area contributed by atoms with Crippen molar-refractivity contribution in [3.63, 3.8) is 0 Å². The molecule has 17 heavy (non-hydrogen) atoms. The van der Waals surface area contributed by atoms with E-state index in [0.29, 0.717) is 0 Å². The molecule has 1 aromatic rings. The van der Waals surface area contributed by atoms with Gasteiger partial charge in [-0.2, -0.15) is 0 Å². The normalized spacial score (nSPS) is 26.7. The summed E-state index contributed by atoms with van der Waals surface area (Å²) in [6, 6.07) is 10.7. The minimum Gasteiger partial charge on any atom is -0.396 e. The maximum Gasteiger partial charge on any atom is 0.0474 e. The van der Waals surface area contributed by atoms with Crippen molar-refractivity contribution in [2.75, 3.05) is 19.7 Å². The number of nitrogens with two attached hydrogens (primary N) is 1. The fourth-order valence-corrected chi connectivity index (χ4v) is 2.47. The molecule has 3 N–H and O–H groups in total. The highest BCUT2D eigenvalue weighted by atomic mass is 16.3. The minimum absolute atomic E-state index is 0.153. The first-order valence-electron chi connectivity index (χ1n) is 6.42. The van der Waals surface area contributed by atoms with Gasteiger partial charge < -0.3 is 10.8 Å². The van der Waals surface area contributed by atoms with E-state index in [4.69, 9.17) is 5.73 Å². The maximum absolute atomic E-state index is 9.26. The predicted octanol–water partition coefficient (Wildman–Crippen LogP) is 1.22. The molecule has 2 rings (SSSR count). The number of aliphatic hydroxyl groups excluding tert-OH is 1. The Morgan fingerprint density at radius 2 is 1.88 bits per heavy atom. The molecule has 0 bridgehead atoms. The van der Waals surface area contributed by atoms with Crippen LogP contribution in [0.1, 0.15) is 18.4 Å². The Morgan fingerprint density at radius 1 is 1.18 bits per heavy atom. The van der Waals surface area contributed by atoms with Crippen LogP contribution in [0.25, 0.3) is 0 Å². The van der Waals surface area contributed by atoms with Crippen LogP contribution in [0.3, 0.4) is 0 Å². The number of aliphatic hydroxyl groups is 1. The quantitative estimate of drug-likeness (QED) is 0.826. The van der Waals surface area contributed by atoms with Crippen molar-refractivity contribution in [3.8, 4) is 0 Å². The Bertz CT molecular complexity index is 328. The number of likely N-dealkylation sites (tertiary alicyclic amines) is 1. The monoisotopic (exact) mass is 234 g/mol. The third kappa shape index (κ3) is 3.53. The number of rotatable bonds is 3. The van der Waals surface area contributed by atoms with Crippen molar-refractivity contribution in [2.24, 2.45) is 11.7 Å². The lowest BCUT2D eigenvalue weighted by Crippen LogP contribution is -2.32. The van der Waals surface area contributed by atoms with Crippen molar-refractivity contribution in [1.82, 2.24) is 4.90 Å². The van der Waals surface area contributed by atoms with Crippen LogP contribution in [0.15, 0.2) is 30.3 Å². The summed E-state index contributed by atoms with van der Waals surface area (Å²) in [6.45, 7) is 3.28. The summed E-state index contributed by atoms with van der Waals surface area (Å²) in [7, 11) is 0. The average Bonchev–Trinajstić information content (AvgIpc) is 2.53. The zero-order valence-corrected chi connectivity index (χ0v) is 10.3. The van der Waals surface area contributed by atoms with E-state index >= 15 is 0 Å². The van der Waals surface area contributed by atoms with Gasteiger partial charge in [0.15, 0.2) is 0 Å². The molecule has 1 aliphatic rings. The van der Waals surface area contributed by atoms with Crippen molar-refractivity contribution in [2.45, 2.75) is 25.4 Å². The van der Waals surface area contributed by atoms with Crippen LogP contribution in [-0.4, -0.2) is 35.7 Å². The molecule has 0 amide bonds. The molecule has 0 saturated carbocycles. The van der Waals surface area contributed by atoms with Gasteiger partial charge >= 0.3 is 0 Å². The zero-order valence-electron chi connectivity index (χ0n) is 10.3. The number of benzene rings is 1. The van der Waals surface area contributed by atoms with Crippen LogP contribution in [0.4, 0.5) is 0 Å². The highest BCUT2D eigenvalue weighted by Gasteiger charge is 2.22. The summed E-state index contributed by atoms with van der Waals surface area (Å²) in [6.07, 6.45) is 1.99. The molecule has 2 atom stereocenters. The molecular formula is C14H22N2O. The molecule has 3 heteroatoms. The summed E-state index contributed by atoms with van der Waals surface area (Å²) in [5.74, 6) is 0.274. The van der Waals surface area contributed by atoms with Gasteiger partial charge in [-0.1, -0.05) is 30.3 Å². The maximum atomic E-state index is 9.26. The fraction of sp³-hybridized carbons (Fsp3) is 0.571. The third-order valence-corrected chi connectivity index (χ3v) is 3.68. The number of hydrogen-bond acceptors (Lipinski definition) is 3. The molecular weight excluding hydrogens is 212 g/mol. The van der Waals surface area contributed by atoms with E-state index in [1.807, 2.05) is 6.07 Å². The molecule has 1 saturated heterocycles. The first-order valence-corrected chi connectivity index (χ1v) is 6.42. The van der Waals surface area contributed by atoms with Crippen LogP contribution in [0.2, 0.25) is 0 Å². The summed E-state index contributed by atoms with van der Waals surface area (Å²) in [5.41, 5.74) is 7.41. The first-order chi connectivity index (χ1) is 8.29. The predicted molar refractivity (Wildman–Crippen MR) is 69.5 cm³/mol. The average molecular weight is 234 g/mol. The smallest absolute Gasteiger partial charge is 0.0474 e. The zero-order chi connectivity index (χ0) is 12.1. The lowest BCUT2D eigenvalue weighted by atomic mass is 9.97. The van der Waals surface area contributed by atoms with Crippen molar-refractivity contribution < 1.29 is 5.11 Å². The molecule has 0 aromatic heterocycles. The van der Waals surface area contributed by atoms with E-state index in [2.05, 4.69) is 29.2 Å². The van der Waals surface area contributed by atoms with E-state index < -0.39 is 0 Å². The molecule has 94 valence electrons. The molecule has 3 nitrogen and oxygen atoms in total. The van der Waals surface area contributed by atoms with Gasteiger partial charge in [-0.05, 0) is 37.4 Å². The topological polar surface area (TPSA) is 49.5 Å². The van der Waals surface area contributed by atoms with Gasteiger partial charge in [0.25, 0.3) is 0 Å². The molecule has 1 aliphatic heterocycles. The fourth-order valence-electron chi connectivity index (χ4n) is 2.47. The second-order valence-corrected chi connectivity index (χ2v) is 4.95. The van der Waals surface area contributed by atoms with Crippen LogP contribution in [0, 0.1) is 5.92 Å². The largest absolute Gasteiger partial charge is 0.396 e. The van der Waals surface area contributed by atoms with E-state index in [-0.39, 0.29) is 18.6 Å². The van der Waals surface area contributed by atoms with Crippen molar-refractivity contribution in [3.05, 3.63) is 35.9 Å². The Balaban J connectivity index is 1.91. The molecule has 1 aromatic carbocycles. The van der Waals surface area contributed by atoms with Gasteiger partial charge in [-0.25, -0.2) is 0 Å². The summed E-state index contributed by atoms with van der Waals surface area (Å²) in [5, 5.41) is 9.26. The molecule has 0 spiro atoms. The molecule has 2 unspecified atom stereocenters. The van der Waals surface area contributed by atoms with Crippen molar-refractivity contribution >= 4 is 0 Å². The second kappa shape index (κ2) is 6.15. The van der Waals surface area contributed by atoms with Gasteiger partial charge in [0.1, 0.15) is 0 Å². The highest BCUT2D eigenvalue weighted by Crippen LogP contribution is 2.17. The van der Waals surface area contributed by atoms with Crippen LogP contribution in [0.5, 0.6) is 0 Å². The second-order valence-electron chi connectivity index (χ2n) is 4.95. The number of nitrogens with zero attached hydrogens (tertiary/aromatic N) is 1. The SMILES string of the molecule is NC1CCN(Cc2ccccc2)CCC1CO. The van der Waals surface area contributed by atoms with E-state index in [0.717, 1.165) is 32.5 Å². The molecule has 0 radical (unpaired) electrons. The lowest BCUT2D eigenvalue weighted by Gasteiger charge is -2.19. The van der Waals surface area contributed by atoms with Gasteiger partial charge in [0.05, 0.1) is 0 Å². The van der Waals surface area contributed by atoms with Crippen LogP contribution >= 0.6 is 0 Å². The molecule has 1 heterocycles. The first kappa shape index (κ1) is 12.6. The van der Waals surface area contributed by atoms with Crippen LogP contribution in [-0.2, 0) is 6.54 Å². The molecule has 1 fully saturated rings. The van der Waals surface area contributed by atoms with E-state index in [9.17, 15) is 5.11 Å². The Kier molecular flexibility index (Phi) is 4.54. The Labute approximate surface area is 103 Å². The van der Waals surface area contributed by atoms with Gasteiger partial charge in [-0.15, -0.1) is 0 Å².